The number of fused-ring (bicyclic) bond motifs is 1. The van der Waals surface area contributed by atoms with Gasteiger partial charge in [-0.25, -0.2) is 13.8 Å². The van der Waals surface area contributed by atoms with Crippen molar-refractivity contribution in [1.29, 1.82) is 0 Å². The molecule has 4 rings (SSSR count). The van der Waals surface area contributed by atoms with E-state index in [0.29, 0.717) is 17.2 Å². The zero-order valence-corrected chi connectivity index (χ0v) is 15.2. The number of benzene rings is 1. The lowest BCUT2D eigenvalue weighted by molar-refractivity contribution is 0.0662. The smallest absolute Gasteiger partial charge is 0.190 e. The van der Waals surface area contributed by atoms with E-state index in [2.05, 4.69) is 4.98 Å². The first-order chi connectivity index (χ1) is 13.6. The second-order valence-electron chi connectivity index (χ2n) is 7.00. The fourth-order valence-corrected chi connectivity index (χ4v) is 3.39. The molecule has 0 spiro atoms. The molecule has 0 saturated heterocycles. The molecule has 1 aliphatic rings. The summed E-state index contributed by atoms with van der Waals surface area (Å²) in [4.78, 5) is 16.5. The lowest BCUT2D eigenvalue weighted by atomic mass is 9.99. The van der Waals surface area contributed by atoms with E-state index in [1.54, 1.807) is 12.1 Å². The minimum Gasteiger partial charge on any atom is -0.394 e. The van der Waals surface area contributed by atoms with Gasteiger partial charge in [-0.2, -0.15) is 0 Å². The van der Waals surface area contributed by atoms with Gasteiger partial charge in [-0.1, -0.05) is 12.1 Å². The maximum absolute atomic E-state index is 14.7. The molecule has 1 saturated carbocycles. The molecule has 1 N–H and O–H groups in total. The minimum absolute atomic E-state index is 0.00807. The lowest BCUT2D eigenvalue weighted by Crippen LogP contribution is -2.16. The Morgan fingerprint density at radius 2 is 2.07 bits per heavy atom. The van der Waals surface area contributed by atoms with Crippen LogP contribution in [0.3, 0.4) is 0 Å². The van der Waals surface area contributed by atoms with Crippen molar-refractivity contribution in [2.24, 2.45) is 0 Å². The van der Waals surface area contributed by atoms with Gasteiger partial charge in [-0.15, -0.1) is 0 Å². The Hall–Kier alpha value is -2.64. The van der Waals surface area contributed by atoms with Crippen LogP contribution in [0, 0.1) is 11.6 Å². The van der Waals surface area contributed by atoms with Crippen molar-refractivity contribution in [3.63, 3.8) is 0 Å². The number of carbonyl (C=O) groups excluding carboxylic acids is 1. The van der Waals surface area contributed by atoms with E-state index in [4.69, 9.17) is 9.84 Å². The number of hydrogen-bond acceptors (Lipinski definition) is 4. The second-order valence-corrected chi connectivity index (χ2v) is 7.00. The monoisotopic (exact) mass is 386 g/mol. The number of ketones is 1. The van der Waals surface area contributed by atoms with Crippen LogP contribution in [0.1, 0.15) is 45.9 Å². The molecule has 1 fully saturated rings. The minimum atomic E-state index is -0.587. The van der Waals surface area contributed by atoms with Crippen LogP contribution in [0.25, 0.3) is 5.52 Å². The van der Waals surface area contributed by atoms with Gasteiger partial charge in [-0.3, -0.25) is 9.20 Å². The van der Waals surface area contributed by atoms with Gasteiger partial charge in [0.2, 0.25) is 0 Å². The Kier molecular flexibility index (Phi) is 5.19. The number of aromatic nitrogens is 2. The zero-order chi connectivity index (χ0) is 19.7. The van der Waals surface area contributed by atoms with Gasteiger partial charge in [0.25, 0.3) is 0 Å². The summed E-state index contributed by atoms with van der Waals surface area (Å²) in [5.74, 6) is -0.920. The number of imidazole rings is 1. The van der Waals surface area contributed by atoms with E-state index in [1.165, 1.54) is 16.9 Å². The van der Waals surface area contributed by atoms with E-state index in [-0.39, 0.29) is 43.1 Å². The summed E-state index contributed by atoms with van der Waals surface area (Å²) in [5.41, 5.74) is 2.20. The quantitative estimate of drug-likeness (QED) is 0.477. The fourth-order valence-electron chi connectivity index (χ4n) is 3.39. The number of carbonyl (C=O) groups is 1. The van der Waals surface area contributed by atoms with Crippen LogP contribution in [0.15, 0.2) is 36.8 Å². The molecular weight excluding hydrogens is 366 g/mol. The standard InChI is InChI=1S/C21H20F2N2O3/c22-17-7-14(13-1-2-13)3-4-15(17)8-19-16(21(27)11-28-6-5-26)9-18(23)20-10-24-12-25(19)20/h3-4,7,9-10,12-13,26H,1-2,5-6,8,11H2. The van der Waals surface area contributed by atoms with Crippen LogP contribution in [0.5, 0.6) is 0 Å². The molecule has 3 aromatic rings. The Morgan fingerprint density at radius 3 is 2.79 bits per heavy atom. The summed E-state index contributed by atoms with van der Waals surface area (Å²) in [7, 11) is 0. The number of hydrogen-bond donors (Lipinski definition) is 1. The summed E-state index contributed by atoms with van der Waals surface area (Å²) < 4.78 is 35.6. The van der Waals surface area contributed by atoms with E-state index in [1.807, 2.05) is 6.07 Å². The van der Waals surface area contributed by atoms with Crippen molar-refractivity contribution in [2.75, 3.05) is 19.8 Å². The van der Waals surface area contributed by atoms with Gasteiger partial charge in [0.05, 0.1) is 25.7 Å². The van der Waals surface area contributed by atoms with Gasteiger partial charge in [0.15, 0.2) is 5.78 Å². The third-order valence-corrected chi connectivity index (χ3v) is 5.01. The highest BCUT2D eigenvalue weighted by Gasteiger charge is 2.25. The van der Waals surface area contributed by atoms with Crippen LogP contribution >= 0.6 is 0 Å². The number of Topliss-reactive ketones (excluding diaryl/α,β-unsaturated/α-hetero) is 1. The molecule has 0 unspecified atom stereocenters. The van der Waals surface area contributed by atoms with Crippen LogP contribution < -0.4 is 0 Å². The van der Waals surface area contributed by atoms with Crippen molar-refractivity contribution in [3.05, 3.63) is 70.8 Å². The molecule has 2 aromatic heterocycles. The Balaban J connectivity index is 1.72. The first kappa shape index (κ1) is 18.7. The fraction of sp³-hybridized carbons (Fsp3) is 0.333. The summed E-state index contributed by atoms with van der Waals surface area (Å²) in [6.07, 6.45) is 5.06. The Bertz CT molecular complexity index is 1030. The molecule has 0 bridgehead atoms. The van der Waals surface area contributed by atoms with Crippen LogP contribution in [0.4, 0.5) is 8.78 Å². The highest BCUT2D eigenvalue weighted by molar-refractivity contribution is 5.98. The lowest BCUT2D eigenvalue weighted by Gasteiger charge is -2.14. The van der Waals surface area contributed by atoms with Crippen molar-refractivity contribution in [1.82, 2.24) is 9.38 Å². The largest absolute Gasteiger partial charge is 0.394 e. The number of aliphatic hydroxyl groups excluding tert-OH is 1. The highest BCUT2D eigenvalue weighted by atomic mass is 19.1. The number of pyridine rings is 1. The van der Waals surface area contributed by atoms with Gasteiger partial charge in [-0.05, 0) is 42.0 Å². The Labute approximate surface area is 160 Å². The van der Waals surface area contributed by atoms with Gasteiger partial charge < -0.3 is 9.84 Å². The molecule has 2 heterocycles. The van der Waals surface area contributed by atoms with E-state index in [0.717, 1.165) is 24.5 Å². The maximum atomic E-state index is 14.7. The maximum Gasteiger partial charge on any atom is 0.190 e. The van der Waals surface area contributed by atoms with Crippen LogP contribution in [-0.4, -0.2) is 40.1 Å². The molecule has 1 aromatic carbocycles. The molecule has 0 aliphatic heterocycles. The molecule has 0 radical (unpaired) electrons. The normalized spacial score (nSPS) is 14.0. The van der Waals surface area contributed by atoms with Crippen LogP contribution in [0.2, 0.25) is 0 Å². The van der Waals surface area contributed by atoms with Crippen molar-refractivity contribution >= 4 is 11.3 Å². The number of aliphatic hydroxyl groups is 1. The Morgan fingerprint density at radius 1 is 1.25 bits per heavy atom. The van der Waals surface area contributed by atoms with Gasteiger partial charge in [0, 0.05) is 17.7 Å². The molecule has 0 atom stereocenters. The topological polar surface area (TPSA) is 63.8 Å². The summed E-state index contributed by atoms with van der Waals surface area (Å²) in [6, 6.07) is 6.34. The van der Waals surface area contributed by atoms with Crippen LogP contribution in [-0.2, 0) is 11.2 Å². The predicted octanol–water partition coefficient (Wildman–Crippen LogP) is 3.27. The first-order valence-electron chi connectivity index (χ1n) is 9.22. The molecular formula is C21H20F2N2O3. The molecule has 5 nitrogen and oxygen atoms in total. The number of nitrogens with zero attached hydrogens (tertiary/aromatic N) is 2. The average Bonchev–Trinajstić information content (AvgIpc) is 3.41. The van der Waals surface area contributed by atoms with E-state index in [9.17, 15) is 13.6 Å². The molecule has 0 amide bonds. The van der Waals surface area contributed by atoms with Crippen molar-refractivity contribution in [2.45, 2.75) is 25.2 Å². The highest BCUT2D eigenvalue weighted by Crippen LogP contribution is 2.40. The molecule has 7 heteroatoms. The second kappa shape index (κ2) is 7.77. The molecule has 28 heavy (non-hydrogen) atoms. The summed E-state index contributed by atoms with van der Waals surface area (Å²) in [6.45, 7) is -0.502. The van der Waals surface area contributed by atoms with Gasteiger partial charge >= 0.3 is 0 Å². The summed E-state index contributed by atoms with van der Waals surface area (Å²) >= 11 is 0. The van der Waals surface area contributed by atoms with E-state index < -0.39 is 11.6 Å². The average molecular weight is 386 g/mol. The number of rotatable bonds is 8. The number of halogens is 2. The summed E-state index contributed by atoms with van der Waals surface area (Å²) in [5, 5.41) is 8.80. The zero-order valence-electron chi connectivity index (χ0n) is 15.2. The van der Waals surface area contributed by atoms with Gasteiger partial charge in [0.1, 0.15) is 23.8 Å². The molecule has 1 aliphatic carbocycles. The number of ether oxygens (including phenoxy) is 1. The molecule has 146 valence electrons. The first-order valence-corrected chi connectivity index (χ1v) is 9.22. The predicted molar refractivity (Wildman–Crippen MR) is 98.6 cm³/mol. The third-order valence-electron chi connectivity index (χ3n) is 5.01. The third kappa shape index (κ3) is 3.68. The van der Waals surface area contributed by atoms with Crippen molar-refractivity contribution < 1.29 is 23.4 Å². The SMILES string of the molecule is O=C(COCCO)c1cc(F)c2cncn2c1Cc1ccc(C2CC2)cc1F. The van der Waals surface area contributed by atoms with Crippen molar-refractivity contribution in [3.8, 4) is 0 Å². The van der Waals surface area contributed by atoms with E-state index >= 15 is 0 Å².